The molecule has 8 nitrogen and oxygen atoms in total. The fourth-order valence-corrected chi connectivity index (χ4v) is 6.86. The van der Waals surface area contributed by atoms with Crippen molar-refractivity contribution >= 4 is 51.9 Å². The molecular weight excluding hydrogens is 562 g/mol. The van der Waals surface area contributed by atoms with E-state index in [2.05, 4.69) is 38.7 Å². The molecule has 0 atom stereocenters. The molecule has 1 aromatic heterocycles. The number of aryl methyl sites for hydroxylation is 1. The number of amides is 2. The van der Waals surface area contributed by atoms with E-state index in [9.17, 15) is 14.4 Å². The second kappa shape index (κ2) is 9.77. The molecule has 0 saturated carbocycles. The molecular formula is C34H37N3O5S. The van der Waals surface area contributed by atoms with Crippen molar-refractivity contribution in [1.29, 1.82) is 0 Å². The molecule has 0 N–H and O–H groups in total. The number of hydrogen-bond donors (Lipinski definition) is 0. The van der Waals surface area contributed by atoms with Gasteiger partial charge in [-0.25, -0.2) is 4.79 Å². The number of ether oxygens (including phenoxy) is 1. The van der Waals surface area contributed by atoms with E-state index in [1.807, 2.05) is 6.92 Å². The van der Waals surface area contributed by atoms with Crippen LogP contribution in [0.15, 0.2) is 56.2 Å². The molecule has 0 radical (unpaired) electrons. The molecule has 0 spiro atoms. The molecule has 5 heterocycles. The maximum absolute atomic E-state index is 13.5. The van der Waals surface area contributed by atoms with E-state index in [4.69, 9.17) is 21.4 Å². The zero-order valence-corrected chi connectivity index (χ0v) is 26.8. The third-order valence-corrected chi connectivity index (χ3v) is 10.0. The predicted octanol–water partition coefficient (Wildman–Crippen LogP) is 5.61. The Labute approximate surface area is 256 Å². The second-order valence-electron chi connectivity index (χ2n) is 13.3. The topological polar surface area (TPSA) is 83.3 Å². The summed E-state index contributed by atoms with van der Waals surface area (Å²) in [6.45, 7) is 14.8. The maximum atomic E-state index is 13.5. The SMILES string of the molecule is CC1=CC(=C2C(=O)N(C)C(=S)N(C)C2=O)C=C(/C=C/c2c(C)c3cc4c5c(c3oc2=O)C(C)(C)CCN5CCC4(C)C)O1. The van der Waals surface area contributed by atoms with Crippen LogP contribution in [0, 0.1) is 6.92 Å². The fraction of sp³-hybridized carbons (Fsp3) is 0.412. The summed E-state index contributed by atoms with van der Waals surface area (Å²) >= 11 is 5.22. The number of thiocarbonyl (C=S) groups is 1. The molecule has 9 heteroatoms. The van der Waals surface area contributed by atoms with Crippen molar-refractivity contribution in [2.45, 2.75) is 65.2 Å². The van der Waals surface area contributed by atoms with Gasteiger partial charge in [0.15, 0.2) is 5.11 Å². The molecule has 0 aliphatic carbocycles. The zero-order valence-electron chi connectivity index (χ0n) is 26.0. The molecule has 6 rings (SSSR count). The molecule has 2 amide bonds. The lowest BCUT2D eigenvalue weighted by atomic mass is 9.69. The minimum absolute atomic E-state index is 0.00481. The lowest BCUT2D eigenvalue weighted by molar-refractivity contribution is -0.132. The van der Waals surface area contributed by atoms with Gasteiger partial charge in [-0.15, -0.1) is 0 Å². The fourth-order valence-electron chi connectivity index (χ4n) is 6.70. The summed E-state index contributed by atoms with van der Waals surface area (Å²) in [6, 6.07) is 2.22. The number of anilines is 1. The number of benzene rings is 1. The summed E-state index contributed by atoms with van der Waals surface area (Å²) in [5.74, 6) is -0.0580. The van der Waals surface area contributed by atoms with E-state index in [1.165, 1.54) is 21.1 Å². The zero-order chi connectivity index (χ0) is 31.2. The Morgan fingerprint density at radius 3 is 2.19 bits per heavy atom. The number of allylic oxidation sites excluding steroid dienone is 5. The van der Waals surface area contributed by atoms with E-state index in [0.717, 1.165) is 42.4 Å². The summed E-state index contributed by atoms with van der Waals surface area (Å²) in [4.78, 5) is 44.6. The first-order chi connectivity index (χ1) is 20.1. The van der Waals surface area contributed by atoms with Crippen LogP contribution in [-0.4, -0.2) is 53.9 Å². The van der Waals surface area contributed by atoms with Crippen molar-refractivity contribution in [3.05, 3.63) is 79.6 Å². The quantitative estimate of drug-likeness (QED) is 0.192. The maximum Gasteiger partial charge on any atom is 0.343 e. The van der Waals surface area contributed by atoms with Gasteiger partial charge in [0.05, 0.1) is 5.56 Å². The van der Waals surface area contributed by atoms with Crippen LogP contribution < -0.4 is 10.5 Å². The minimum Gasteiger partial charge on any atom is -0.462 e. The Morgan fingerprint density at radius 2 is 1.53 bits per heavy atom. The van der Waals surface area contributed by atoms with Gasteiger partial charge in [0.1, 0.15) is 22.7 Å². The van der Waals surface area contributed by atoms with Crippen LogP contribution in [0.3, 0.4) is 0 Å². The highest BCUT2D eigenvalue weighted by molar-refractivity contribution is 7.80. The number of likely N-dealkylation sites (N-methyl/N-ethyl adjacent to an activating group) is 2. The van der Waals surface area contributed by atoms with E-state index >= 15 is 0 Å². The molecule has 1 fully saturated rings. The normalized spacial score (nSPS) is 21.4. The molecule has 224 valence electrons. The first-order valence-electron chi connectivity index (χ1n) is 14.6. The lowest BCUT2D eigenvalue weighted by Gasteiger charge is -2.48. The van der Waals surface area contributed by atoms with Crippen LogP contribution in [0.1, 0.15) is 69.7 Å². The van der Waals surface area contributed by atoms with Crippen molar-refractivity contribution in [2.24, 2.45) is 0 Å². The number of carbonyl (C=O) groups is 2. The molecule has 43 heavy (non-hydrogen) atoms. The highest BCUT2D eigenvalue weighted by atomic mass is 32.1. The van der Waals surface area contributed by atoms with Gasteiger partial charge in [0.25, 0.3) is 11.8 Å². The lowest BCUT2D eigenvalue weighted by Crippen LogP contribution is -2.53. The van der Waals surface area contributed by atoms with E-state index in [0.29, 0.717) is 28.2 Å². The molecule has 4 aliphatic rings. The Hall–Kier alpha value is -3.98. The molecule has 0 bridgehead atoms. The summed E-state index contributed by atoms with van der Waals surface area (Å²) in [5, 5.41) is 1.08. The summed E-state index contributed by atoms with van der Waals surface area (Å²) in [6.07, 6.45) is 8.70. The van der Waals surface area contributed by atoms with Gasteiger partial charge < -0.3 is 14.1 Å². The average Bonchev–Trinajstić information content (AvgIpc) is 2.93. The highest BCUT2D eigenvalue weighted by Gasteiger charge is 2.42. The number of fused-ring (bicyclic) bond motifs is 2. The van der Waals surface area contributed by atoms with Crippen LogP contribution in [0.2, 0.25) is 0 Å². The monoisotopic (exact) mass is 599 g/mol. The van der Waals surface area contributed by atoms with E-state index in [-0.39, 0.29) is 21.5 Å². The van der Waals surface area contributed by atoms with Gasteiger partial charge in [0.2, 0.25) is 0 Å². The second-order valence-corrected chi connectivity index (χ2v) is 13.7. The first-order valence-corrected chi connectivity index (χ1v) is 15.0. The van der Waals surface area contributed by atoms with Crippen molar-refractivity contribution < 1.29 is 18.7 Å². The van der Waals surface area contributed by atoms with Gasteiger partial charge in [-0.3, -0.25) is 19.4 Å². The van der Waals surface area contributed by atoms with Crippen molar-refractivity contribution in [3.8, 4) is 0 Å². The minimum atomic E-state index is -0.476. The Kier molecular flexibility index (Phi) is 6.62. The van der Waals surface area contributed by atoms with E-state index < -0.39 is 17.4 Å². The Bertz CT molecular complexity index is 1810. The van der Waals surface area contributed by atoms with Crippen LogP contribution >= 0.6 is 12.2 Å². The molecule has 1 saturated heterocycles. The first kappa shape index (κ1) is 29.1. The third-order valence-electron chi connectivity index (χ3n) is 9.46. The van der Waals surface area contributed by atoms with Crippen molar-refractivity contribution in [2.75, 3.05) is 32.1 Å². The molecule has 0 unspecified atom stereocenters. The van der Waals surface area contributed by atoms with Crippen LogP contribution in [0.25, 0.3) is 17.0 Å². The number of carbonyl (C=O) groups excluding carboxylic acids is 2. The standard InChI is InChI=1S/C34H37N3O5S/c1-18-15-20(25-29(38)35(7)32(43)36(8)30(25)39)16-21(41-18)9-10-22-19(2)23-17-24-27-26(28(23)42-31(22)40)34(5,6)12-14-37(27)13-11-33(24,3)4/h9-10,15-17H,11-14H2,1-8H3/b10-9+. The summed E-state index contributed by atoms with van der Waals surface area (Å²) < 4.78 is 12.1. The largest absolute Gasteiger partial charge is 0.462 e. The smallest absolute Gasteiger partial charge is 0.343 e. The van der Waals surface area contributed by atoms with E-state index in [1.54, 1.807) is 45.3 Å². The van der Waals surface area contributed by atoms with Gasteiger partial charge in [0, 0.05) is 43.8 Å². The number of rotatable bonds is 2. The van der Waals surface area contributed by atoms with Gasteiger partial charge in [-0.1, -0.05) is 27.7 Å². The van der Waals surface area contributed by atoms with Crippen molar-refractivity contribution in [1.82, 2.24) is 9.80 Å². The number of hydrogen-bond acceptors (Lipinski definition) is 7. The summed E-state index contributed by atoms with van der Waals surface area (Å²) in [5.41, 5.74) is 5.46. The van der Waals surface area contributed by atoms with Gasteiger partial charge >= 0.3 is 5.63 Å². The predicted molar refractivity (Wildman–Crippen MR) is 172 cm³/mol. The van der Waals surface area contributed by atoms with Crippen LogP contribution in [0.4, 0.5) is 5.69 Å². The van der Waals surface area contributed by atoms with Gasteiger partial charge in [-0.2, -0.15) is 0 Å². The molecule has 4 aliphatic heterocycles. The average molecular weight is 600 g/mol. The van der Waals surface area contributed by atoms with Crippen LogP contribution in [-0.2, 0) is 25.2 Å². The molecule has 1 aromatic carbocycles. The van der Waals surface area contributed by atoms with Gasteiger partial charge in [-0.05, 0) is 96.8 Å². The Balaban J connectivity index is 1.48. The summed E-state index contributed by atoms with van der Waals surface area (Å²) in [7, 11) is 3.09. The number of nitrogens with zero attached hydrogens (tertiary/aromatic N) is 3. The third kappa shape index (κ3) is 4.47. The Morgan fingerprint density at radius 1 is 0.907 bits per heavy atom. The highest BCUT2D eigenvalue weighted by Crippen LogP contribution is 2.52. The molecule has 2 aromatic rings. The van der Waals surface area contributed by atoms with Crippen LogP contribution in [0.5, 0.6) is 0 Å². The van der Waals surface area contributed by atoms with Crippen molar-refractivity contribution in [3.63, 3.8) is 0 Å².